The second kappa shape index (κ2) is 13.9. The SMILES string of the molecule is CC(=O)c1cc2[nH]c1cc1nc(c(-c3cc(C(C)(C)C)cc(C(C)(C)C)c3)c3ccc([nH]3)c(CO)c3nc(c2-c2cc(C(C)(C)C)cc(C(C)(C)C)c2)C=C3)C=C1. The number of carbonyl (C=O) groups is 1. The van der Waals surface area contributed by atoms with Crippen LogP contribution in [-0.2, 0) is 28.3 Å². The number of aromatic nitrogens is 4. The fourth-order valence-electron chi connectivity index (χ4n) is 7.61. The lowest BCUT2D eigenvalue weighted by Crippen LogP contribution is -2.16. The number of rotatable bonds is 4. The van der Waals surface area contributed by atoms with Crippen molar-refractivity contribution in [2.75, 3.05) is 0 Å². The van der Waals surface area contributed by atoms with Gasteiger partial charge in [-0.1, -0.05) is 119 Å². The average Bonchev–Trinajstić information content (AvgIpc) is 3.93. The van der Waals surface area contributed by atoms with Gasteiger partial charge in [-0.05, 0) is 111 Å². The van der Waals surface area contributed by atoms with Crippen LogP contribution in [0.25, 0.3) is 68.6 Å². The summed E-state index contributed by atoms with van der Waals surface area (Å²) in [5.41, 5.74) is 15.8. The van der Waals surface area contributed by atoms with E-state index in [4.69, 9.17) is 9.97 Å². The second-order valence-corrected chi connectivity index (χ2v) is 20.0. The van der Waals surface area contributed by atoms with Gasteiger partial charge in [-0.15, -0.1) is 0 Å². The van der Waals surface area contributed by atoms with E-state index in [1.165, 1.54) is 22.3 Å². The van der Waals surface area contributed by atoms with E-state index in [0.717, 1.165) is 55.9 Å². The molecule has 294 valence electrons. The summed E-state index contributed by atoms with van der Waals surface area (Å²) in [5.74, 6) is -0.0433. The van der Waals surface area contributed by atoms with Gasteiger partial charge in [-0.25, -0.2) is 9.97 Å². The summed E-state index contributed by atoms with van der Waals surface area (Å²) in [6.07, 6.45) is 8.08. The molecule has 0 saturated carbocycles. The van der Waals surface area contributed by atoms with Gasteiger partial charge in [0.25, 0.3) is 0 Å². The van der Waals surface area contributed by atoms with Crippen LogP contribution in [0.5, 0.6) is 0 Å². The van der Waals surface area contributed by atoms with E-state index < -0.39 is 0 Å². The predicted molar refractivity (Wildman–Crippen MR) is 240 cm³/mol. The Kier molecular flexibility index (Phi) is 9.76. The Bertz CT molecular complexity index is 2610. The minimum atomic E-state index is -0.211. The Balaban J connectivity index is 1.64. The highest BCUT2D eigenvalue weighted by Gasteiger charge is 2.25. The van der Waals surface area contributed by atoms with Gasteiger partial charge in [-0.2, -0.15) is 0 Å². The fraction of sp³-hybridized carbons (Fsp3) is 0.353. The van der Waals surface area contributed by atoms with E-state index in [2.05, 4.69) is 142 Å². The fourth-order valence-corrected chi connectivity index (χ4v) is 7.61. The van der Waals surface area contributed by atoms with Gasteiger partial charge < -0.3 is 15.1 Å². The first-order valence-electron chi connectivity index (χ1n) is 20.1. The molecule has 2 aliphatic rings. The Hall–Kier alpha value is -5.33. The van der Waals surface area contributed by atoms with Crippen molar-refractivity contribution in [1.29, 1.82) is 0 Å². The standard InChI is InChI=1S/C51H58N4O2/c1-29(57)37-27-45-47(31-22-34(50(8,9)10)25-35(23-31)51(11,12)13)43-19-17-40(54-43)38(28-56)39-16-18-42(53-39)46(41-15-14-36(52-41)26-44(37)55-45)30-20-32(48(2,3)4)24-33(21-30)49(5,6)7/h14-27,53,55-56H,28H2,1-13H3. The highest BCUT2D eigenvalue weighted by molar-refractivity contribution is 6.05. The molecule has 7 rings (SSSR count). The van der Waals surface area contributed by atoms with Crippen LogP contribution in [0.3, 0.4) is 0 Å². The molecule has 3 N–H and O–H groups in total. The van der Waals surface area contributed by atoms with Crippen LogP contribution in [0.1, 0.15) is 151 Å². The maximum atomic E-state index is 13.4. The van der Waals surface area contributed by atoms with E-state index in [1.54, 1.807) is 6.92 Å². The predicted octanol–water partition coefficient (Wildman–Crippen LogP) is 12.9. The van der Waals surface area contributed by atoms with Gasteiger partial charge in [0.05, 0.1) is 34.9 Å². The highest BCUT2D eigenvalue weighted by atomic mass is 16.3. The number of carbonyl (C=O) groups excluding carboxylic acids is 1. The summed E-state index contributed by atoms with van der Waals surface area (Å²) in [6, 6.07) is 21.8. The van der Waals surface area contributed by atoms with Gasteiger partial charge in [-0.3, -0.25) is 4.79 Å². The van der Waals surface area contributed by atoms with Crippen LogP contribution >= 0.6 is 0 Å². The smallest absolute Gasteiger partial charge is 0.161 e. The van der Waals surface area contributed by atoms with Crippen molar-refractivity contribution in [3.8, 4) is 22.3 Å². The van der Waals surface area contributed by atoms with Crippen molar-refractivity contribution in [3.05, 3.63) is 117 Å². The number of aromatic amines is 2. The van der Waals surface area contributed by atoms with Crippen LogP contribution in [0.4, 0.5) is 0 Å². The molecule has 5 aromatic rings. The number of H-pyrrole nitrogens is 2. The molecule has 3 aromatic heterocycles. The lowest BCUT2D eigenvalue weighted by molar-refractivity contribution is 0.101. The third-order valence-electron chi connectivity index (χ3n) is 11.3. The zero-order valence-corrected chi connectivity index (χ0v) is 36.0. The number of nitrogens with one attached hydrogen (secondary N) is 2. The molecule has 2 aromatic carbocycles. The number of ketones is 1. The van der Waals surface area contributed by atoms with Crippen LogP contribution < -0.4 is 0 Å². The van der Waals surface area contributed by atoms with Crippen molar-refractivity contribution < 1.29 is 9.90 Å². The molecule has 5 heterocycles. The van der Waals surface area contributed by atoms with Crippen LogP contribution in [0.2, 0.25) is 0 Å². The number of aliphatic hydroxyl groups is 1. The summed E-state index contributed by atoms with van der Waals surface area (Å²) in [7, 11) is 0. The molecular weight excluding hydrogens is 701 g/mol. The van der Waals surface area contributed by atoms with Gasteiger partial charge in [0.1, 0.15) is 0 Å². The van der Waals surface area contributed by atoms with Crippen molar-refractivity contribution in [2.45, 2.75) is 118 Å². The van der Waals surface area contributed by atoms with E-state index in [-0.39, 0.29) is 34.1 Å². The molecule has 0 amide bonds. The quantitative estimate of drug-likeness (QED) is 0.156. The molecule has 6 nitrogen and oxygen atoms in total. The average molecular weight is 759 g/mol. The maximum Gasteiger partial charge on any atom is 0.161 e. The van der Waals surface area contributed by atoms with Crippen molar-refractivity contribution in [1.82, 2.24) is 19.9 Å². The first-order valence-corrected chi connectivity index (χ1v) is 20.1. The molecule has 0 saturated heterocycles. The normalized spacial score (nSPS) is 13.4. The molecule has 0 spiro atoms. The number of hydrogen-bond donors (Lipinski definition) is 3. The number of nitrogens with zero attached hydrogens (tertiary/aromatic N) is 2. The van der Waals surface area contributed by atoms with Gasteiger partial charge in [0, 0.05) is 38.8 Å². The number of benzene rings is 2. The number of fused-ring (bicyclic) bond motifs is 8. The summed E-state index contributed by atoms with van der Waals surface area (Å²) in [6.45, 7) is 28.3. The van der Waals surface area contributed by atoms with Gasteiger partial charge >= 0.3 is 0 Å². The van der Waals surface area contributed by atoms with E-state index in [9.17, 15) is 9.90 Å². The molecule has 6 heteroatoms. The molecule has 0 radical (unpaired) electrons. The summed E-state index contributed by atoms with van der Waals surface area (Å²) in [5, 5.41) is 11.0. The molecule has 0 atom stereocenters. The van der Waals surface area contributed by atoms with Gasteiger partial charge in [0.2, 0.25) is 0 Å². The molecule has 8 bridgehead atoms. The molecule has 0 aliphatic carbocycles. The van der Waals surface area contributed by atoms with Crippen molar-refractivity contribution >= 4 is 52.2 Å². The number of hydrogen-bond acceptors (Lipinski definition) is 4. The van der Waals surface area contributed by atoms with E-state index >= 15 is 0 Å². The largest absolute Gasteiger partial charge is 0.392 e. The first-order chi connectivity index (χ1) is 26.5. The summed E-state index contributed by atoms with van der Waals surface area (Å²) in [4.78, 5) is 31.2. The Morgan fingerprint density at radius 3 is 1.46 bits per heavy atom. The number of aliphatic hydroxyl groups excluding tert-OH is 1. The maximum absolute atomic E-state index is 13.4. The summed E-state index contributed by atoms with van der Waals surface area (Å²) >= 11 is 0. The third kappa shape index (κ3) is 7.85. The lowest BCUT2D eigenvalue weighted by Gasteiger charge is -2.26. The van der Waals surface area contributed by atoms with Crippen LogP contribution in [-0.4, -0.2) is 30.8 Å². The molecule has 57 heavy (non-hydrogen) atoms. The summed E-state index contributed by atoms with van der Waals surface area (Å²) < 4.78 is 0. The minimum Gasteiger partial charge on any atom is -0.392 e. The third-order valence-corrected chi connectivity index (χ3v) is 11.3. The van der Waals surface area contributed by atoms with Crippen molar-refractivity contribution in [3.63, 3.8) is 0 Å². The highest BCUT2D eigenvalue weighted by Crippen LogP contribution is 2.40. The molecular formula is C51H58N4O2. The molecule has 0 fully saturated rings. The van der Waals surface area contributed by atoms with E-state index in [1.807, 2.05) is 36.4 Å². The zero-order chi connectivity index (χ0) is 41.4. The Morgan fingerprint density at radius 1 is 0.526 bits per heavy atom. The topological polar surface area (TPSA) is 94.7 Å². The van der Waals surface area contributed by atoms with Gasteiger partial charge in [0.15, 0.2) is 5.78 Å². The van der Waals surface area contributed by atoms with Crippen molar-refractivity contribution in [2.24, 2.45) is 0 Å². The molecule has 0 unspecified atom stereocenters. The monoisotopic (exact) mass is 758 g/mol. The lowest BCUT2D eigenvalue weighted by atomic mass is 9.78. The van der Waals surface area contributed by atoms with Crippen LogP contribution in [0.15, 0.2) is 60.7 Å². The Morgan fingerprint density at radius 2 is 0.965 bits per heavy atom. The Labute approximate surface area is 338 Å². The zero-order valence-electron chi connectivity index (χ0n) is 36.0. The van der Waals surface area contributed by atoms with Crippen LogP contribution in [0, 0.1) is 0 Å². The number of Topliss-reactive ketones (excluding diaryl/α,β-unsaturated/α-hetero) is 1. The second-order valence-electron chi connectivity index (χ2n) is 20.0. The minimum absolute atomic E-state index is 0.0433. The molecule has 2 aliphatic heterocycles. The first kappa shape index (κ1) is 39.9. The van der Waals surface area contributed by atoms with E-state index in [0.29, 0.717) is 22.3 Å².